The van der Waals surface area contributed by atoms with Crippen molar-refractivity contribution < 1.29 is 27.0 Å². The Morgan fingerprint density at radius 3 is 2.22 bits per heavy atom. The molecule has 9 heteroatoms. The maximum Gasteiger partial charge on any atom is 0.507 e. The molecule has 96 valence electrons. The van der Waals surface area contributed by atoms with E-state index in [9.17, 15) is 17.6 Å². The number of benzene rings is 1. The lowest BCUT2D eigenvalue weighted by Crippen LogP contribution is -2.52. The first kappa shape index (κ1) is 11.4. The van der Waals surface area contributed by atoms with Crippen molar-refractivity contribution >= 4 is 22.6 Å². The van der Waals surface area contributed by atoms with Crippen molar-refractivity contribution in [2.75, 3.05) is 0 Å². The molecule has 1 aromatic heterocycles. The molecule has 0 saturated heterocycles. The molecule has 0 amide bonds. The normalized spacial score (nSPS) is 20.1. The minimum atomic E-state index is -4.74. The molecule has 18 heavy (non-hydrogen) atoms. The lowest BCUT2D eigenvalue weighted by atomic mass is 10.2. The van der Waals surface area contributed by atoms with Crippen LogP contribution in [0.2, 0.25) is 5.28 Å². The molecule has 0 saturated carbocycles. The summed E-state index contributed by atoms with van der Waals surface area (Å²) in [4.78, 5) is 6.29. The molecule has 1 aliphatic rings. The van der Waals surface area contributed by atoms with E-state index in [-0.39, 0.29) is 16.3 Å². The largest absolute Gasteiger partial charge is 0.507 e. The summed E-state index contributed by atoms with van der Waals surface area (Å²) in [6.45, 7) is 0. The Morgan fingerprint density at radius 2 is 1.61 bits per heavy atom. The van der Waals surface area contributed by atoms with Crippen molar-refractivity contribution in [2.45, 2.75) is 12.2 Å². The lowest BCUT2D eigenvalue weighted by molar-refractivity contribution is -0.391. The lowest BCUT2D eigenvalue weighted by Gasteiger charge is -2.31. The molecular formula is C9H3ClF4N2O2. The SMILES string of the molecule is FC1(F)Oc2cc3nc(Cl)[nH]c3cc2OC1(F)F. The van der Waals surface area contributed by atoms with Crippen LogP contribution in [-0.4, -0.2) is 22.2 Å². The van der Waals surface area contributed by atoms with Crippen LogP contribution in [0.25, 0.3) is 11.0 Å². The van der Waals surface area contributed by atoms with E-state index >= 15 is 0 Å². The Morgan fingerprint density at radius 1 is 1.06 bits per heavy atom. The highest BCUT2D eigenvalue weighted by Crippen LogP contribution is 2.47. The number of fused-ring (bicyclic) bond motifs is 2. The van der Waals surface area contributed by atoms with Crippen LogP contribution in [-0.2, 0) is 0 Å². The fourth-order valence-corrected chi connectivity index (χ4v) is 1.73. The van der Waals surface area contributed by atoms with Crippen LogP contribution in [0.4, 0.5) is 17.6 Å². The summed E-state index contributed by atoms with van der Waals surface area (Å²) < 4.78 is 59.6. The summed E-state index contributed by atoms with van der Waals surface area (Å²) in [6, 6.07) is 2.10. The third-order valence-corrected chi connectivity index (χ3v) is 2.51. The second-order valence-corrected chi connectivity index (χ2v) is 3.94. The van der Waals surface area contributed by atoms with Gasteiger partial charge in [0.1, 0.15) is 0 Å². The molecule has 0 radical (unpaired) electrons. The highest BCUT2D eigenvalue weighted by Gasteiger charge is 2.66. The Hall–Kier alpha value is -1.70. The highest BCUT2D eigenvalue weighted by atomic mass is 35.5. The molecule has 1 N–H and O–H groups in total. The smallest absolute Gasteiger partial charge is 0.421 e. The van der Waals surface area contributed by atoms with E-state index in [4.69, 9.17) is 11.6 Å². The number of hydrogen-bond donors (Lipinski definition) is 1. The number of nitrogens with one attached hydrogen (secondary N) is 1. The Labute approximate surface area is 101 Å². The number of H-pyrrole nitrogens is 1. The molecule has 0 unspecified atom stereocenters. The van der Waals surface area contributed by atoms with E-state index in [1.165, 1.54) is 0 Å². The quantitative estimate of drug-likeness (QED) is 0.755. The van der Waals surface area contributed by atoms with Gasteiger partial charge in [-0.25, -0.2) is 4.98 Å². The van der Waals surface area contributed by atoms with E-state index in [1.807, 2.05) is 0 Å². The minimum Gasteiger partial charge on any atom is -0.421 e. The van der Waals surface area contributed by atoms with Gasteiger partial charge in [0.25, 0.3) is 0 Å². The van der Waals surface area contributed by atoms with Gasteiger partial charge in [-0.2, -0.15) is 17.6 Å². The highest BCUT2D eigenvalue weighted by molar-refractivity contribution is 6.29. The molecule has 4 nitrogen and oxygen atoms in total. The zero-order valence-corrected chi connectivity index (χ0v) is 9.06. The van der Waals surface area contributed by atoms with Crippen LogP contribution in [0.15, 0.2) is 12.1 Å². The summed E-state index contributed by atoms with van der Waals surface area (Å²) in [5.74, 6) is -1.04. The first-order chi connectivity index (χ1) is 8.28. The molecule has 0 atom stereocenters. The number of alkyl halides is 4. The van der Waals surface area contributed by atoms with Crippen LogP contribution in [0.1, 0.15) is 0 Å². The average Bonchev–Trinajstić information content (AvgIpc) is 2.55. The number of aromatic nitrogens is 2. The van der Waals surface area contributed by atoms with Crippen LogP contribution < -0.4 is 9.47 Å². The molecule has 2 heterocycles. The molecule has 1 aromatic carbocycles. The van der Waals surface area contributed by atoms with Crippen molar-refractivity contribution in [3.8, 4) is 11.5 Å². The number of rotatable bonds is 0. The predicted molar refractivity (Wildman–Crippen MR) is 52.3 cm³/mol. The second-order valence-electron chi connectivity index (χ2n) is 3.58. The number of aromatic amines is 1. The maximum absolute atomic E-state index is 12.9. The number of imidazole rings is 1. The van der Waals surface area contributed by atoms with Gasteiger partial charge in [-0.15, -0.1) is 0 Å². The predicted octanol–water partition coefficient (Wildman–Crippen LogP) is 3.17. The average molecular weight is 283 g/mol. The van der Waals surface area contributed by atoms with E-state index in [0.717, 1.165) is 12.1 Å². The third-order valence-electron chi connectivity index (χ3n) is 2.33. The maximum atomic E-state index is 12.9. The third kappa shape index (κ3) is 1.48. The van der Waals surface area contributed by atoms with Crippen molar-refractivity contribution in [1.29, 1.82) is 0 Å². The summed E-state index contributed by atoms with van der Waals surface area (Å²) in [6.07, 6.45) is -9.48. The van der Waals surface area contributed by atoms with Crippen molar-refractivity contribution in [1.82, 2.24) is 9.97 Å². The summed E-state index contributed by atoms with van der Waals surface area (Å²) in [7, 11) is 0. The van der Waals surface area contributed by atoms with Crippen LogP contribution >= 0.6 is 11.6 Å². The standard InChI is InChI=1S/C9H3ClF4N2O2/c10-7-15-3-1-5-6(2-4(3)16-7)18-9(13,14)8(11,12)17-5/h1-2H,(H,15,16). The van der Waals surface area contributed by atoms with Crippen molar-refractivity contribution in [2.24, 2.45) is 0 Å². The molecule has 2 aromatic rings. The summed E-state index contributed by atoms with van der Waals surface area (Å²) in [5, 5.41) is -0.00846. The summed E-state index contributed by atoms with van der Waals surface area (Å²) in [5.41, 5.74) is 0.465. The van der Waals surface area contributed by atoms with Gasteiger partial charge in [-0.1, -0.05) is 0 Å². The monoisotopic (exact) mass is 282 g/mol. The van der Waals surface area contributed by atoms with Crippen LogP contribution in [0, 0.1) is 0 Å². The summed E-state index contributed by atoms with van der Waals surface area (Å²) >= 11 is 5.56. The van der Waals surface area contributed by atoms with Crippen molar-refractivity contribution in [3.05, 3.63) is 17.4 Å². The van der Waals surface area contributed by atoms with Gasteiger partial charge in [-0.05, 0) is 11.6 Å². The van der Waals surface area contributed by atoms with Gasteiger partial charge in [0, 0.05) is 12.1 Å². The Bertz CT molecular complexity index is 590. The fourth-order valence-electron chi connectivity index (χ4n) is 1.54. The van der Waals surface area contributed by atoms with Gasteiger partial charge >= 0.3 is 12.2 Å². The second kappa shape index (κ2) is 3.19. The zero-order chi connectivity index (χ0) is 13.1. The topological polar surface area (TPSA) is 47.1 Å². The first-order valence-electron chi connectivity index (χ1n) is 4.61. The molecule has 0 spiro atoms. The number of halogens is 5. The Balaban J connectivity index is 2.18. The minimum absolute atomic E-state index is 0.00846. The van der Waals surface area contributed by atoms with E-state index < -0.39 is 23.7 Å². The molecular weight excluding hydrogens is 280 g/mol. The number of hydrogen-bond acceptors (Lipinski definition) is 3. The van der Waals surface area contributed by atoms with Gasteiger partial charge in [0.05, 0.1) is 11.0 Å². The molecule has 0 aliphatic carbocycles. The molecule has 0 fully saturated rings. The van der Waals surface area contributed by atoms with E-state index in [1.54, 1.807) is 0 Å². The Kier molecular flexibility index (Phi) is 2.02. The van der Waals surface area contributed by atoms with Crippen LogP contribution in [0.5, 0.6) is 11.5 Å². The van der Waals surface area contributed by atoms with Gasteiger partial charge < -0.3 is 14.5 Å². The zero-order valence-electron chi connectivity index (χ0n) is 8.31. The van der Waals surface area contributed by atoms with Gasteiger partial charge in [0.2, 0.25) is 5.28 Å². The molecule has 3 rings (SSSR count). The van der Waals surface area contributed by atoms with E-state index in [2.05, 4.69) is 19.4 Å². The molecule has 0 bridgehead atoms. The fraction of sp³-hybridized carbons (Fsp3) is 0.222. The van der Waals surface area contributed by atoms with Gasteiger partial charge in [-0.3, -0.25) is 0 Å². The first-order valence-corrected chi connectivity index (χ1v) is 4.99. The van der Waals surface area contributed by atoms with Crippen LogP contribution in [0.3, 0.4) is 0 Å². The van der Waals surface area contributed by atoms with Crippen molar-refractivity contribution in [3.63, 3.8) is 0 Å². The van der Waals surface area contributed by atoms with Gasteiger partial charge in [0.15, 0.2) is 11.5 Å². The van der Waals surface area contributed by atoms with E-state index in [0.29, 0.717) is 0 Å². The number of nitrogens with zero attached hydrogens (tertiary/aromatic N) is 1. The number of ether oxygens (including phenoxy) is 2. The molecule has 1 aliphatic heterocycles.